The predicted molar refractivity (Wildman–Crippen MR) is 111 cm³/mol. The summed E-state index contributed by atoms with van der Waals surface area (Å²) in [4.78, 5) is 24.8. The summed E-state index contributed by atoms with van der Waals surface area (Å²) >= 11 is 8.32. The van der Waals surface area contributed by atoms with Gasteiger partial charge in [0.05, 0.1) is 14.8 Å². The number of nitrogens with zero attached hydrogens (tertiary/aromatic N) is 2. The van der Waals surface area contributed by atoms with Crippen LogP contribution in [0.3, 0.4) is 0 Å². The molecule has 1 saturated heterocycles. The molecule has 1 fully saturated rings. The highest BCUT2D eigenvalue weighted by molar-refractivity contribution is 9.13. The van der Waals surface area contributed by atoms with Gasteiger partial charge in [-0.2, -0.15) is 0 Å². The molecule has 1 aliphatic heterocycles. The van der Waals surface area contributed by atoms with Crippen LogP contribution in [0.4, 0.5) is 0 Å². The van der Waals surface area contributed by atoms with Crippen LogP contribution in [0.1, 0.15) is 22.5 Å². The SMILES string of the molecule is Cn1c(C(=O)NN2C(=O)CSC2C/C=C/c2ccccc2)cc(Br)c1Br. The lowest BCUT2D eigenvalue weighted by Gasteiger charge is -2.23. The van der Waals surface area contributed by atoms with E-state index in [-0.39, 0.29) is 17.2 Å². The molecule has 1 atom stereocenters. The predicted octanol–water partition coefficient (Wildman–Crippen LogP) is 4.20. The highest BCUT2D eigenvalue weighted by Gasteiger charge is 2.33. The largest absolute Gasteiger partial charge is 0.333 e. The van der Waals surface area contributed by atoms with Crippen molar-refractivity contribution in [2.45, 2.75) is 11.8 Å². The van der Waals surface area contributed by atoms with Crippen molar-refractivity contribution in [1.82, 2.24) is 15.0 Å². The molecule has 2 amide bonds. The van der Waals surface area contributed by atoms with Crippen LogP contribution < -0.4 is 5.43 Å². The fourth-order valence-electron chi connectivity index (χ4n) is 2.59. The van der Waals surface area contributed by atoms with Gasteiger partial charge in [-0.25, -0.2) is 5.01 Å². The third-order valence-corrected chi connectivity index (χ3v) is 7.27. The summed E-state index contributed by atoms with van der Waals surface area (Å²) in [5.41, 5.74) is 4.32. The Morgan fingerprint density at radius 2 is 2.08 bits per heavy atom. The Kier molecular flexibility index (Phi) is 6.26. The van der Waals surface area contributed by atoms with Gasteiger partial charge in [0.15, 0.2) is 0 Å². The van der Waals surface area contributed by atoms with Gasteiger partial charge in [0, 0.05) is 7.05 Å². The number of thioether (sulfide) groups is 1. The Hall–Kier alpha value is -1.51. The lowest BCUT2D eigenvalue weighted by molar-refractivity contribution is -0.130. The number of benzene rings is 1. The van der Waals surface area contributed by atoms with E-state index in [1.54, 1.807) is 17.7 Å². The van der Waals surface area contributed by atoms with E-state index in [0.717, 1.165) is 14.6 Å². The van der Waals surface area contributed by atoms with Gasteiger partial charge in [0.1, 0.15) is 11.1 Å². The van der Waals surface area contributed by atoms with E-state index in [1.165, 1.54) is 16.8 Å². The molecule has 0 spiro atoms. The molecule has 1 unspecified atom stereocenters. The topological polar surface area (TPSA) is 54.3 Å². The molecule has 1 aromatic heterocycles. The third kappa shape index (κ3) is 4.24. The maximum atomic E-state index is 12.6. The summed E-state index contributed by atoms with van der Waals surface area (Å²) in [7, 11) is 1.78. The first-order valence-electron chi connectivity index (χ1n) is 7.94. The van der Waals surface area contributed by atoms with Crippen LogP contribution in [-0.2, 0) is 11.8 Å². The van der Waals surface area contributed by atoms with E-state index in [1.807, 2.05) is 42.5 Å². The first-order chi connectivity index (χ1) is 12.5. The van der Waals surface area contributed by atoms with E-state index in [2.05, 4.69) is 37.3 Å². The van der Waals surface area contributed by atoms with Gasteiger partial charge in [-0.1, -0.05) is 42.5 Å². The third-order valence-electron chi connectivity index (χ3n) is 3.97. The molecular formula is C18H17Br2N3O2S. The molecule has 0 saturated carbocycles. The number of nitrogens with one attached hydrogen (secondary N) is 1. The Bertz CT molecular complexity index is 852. The van der Waals surface area contributed by atoms with Gasteiger partial charge in [0.2, 0.25) is 0 Å². The fourth-order valence-corrected chi connectivity index (χ4v) is 4.42. The number of aromatic nitrogens is 1. The summed E-state index contributed by atoms with van der Waals surface area (Å²) < 4.78 is 3.28. The minimum Gasteiger partial charge on any atom is -0.333 e. The van der Waals surface area contributed by atoms with Crippen molar-refractivity contribution in [3.8, 4) is 0 Å². The second kappa shape index (κ2) is 8.45. The average molecular weight is 499 g/mol. The lowest BCUT2D eigenvalue weighted by Crippen LogP contribution is -2.47. The molecule has 0 radical (unpaired) electrons. The summed E-state index contributed by atoms with van der Waals surface area (Å²) in [5.74, 6) is -0.0365. The van der Waals surface area contributed by atoms with Crippen LogP contribution in [0.5, 0.6) is 0 Å². The van der Waals surface area contributed by atoms with E-state index in [9.17, 15) is 9.59 Å². The zero-order valence-electron chi connectivity index (χ0n) is 14.0. The number of halogens is 2. The summed E-state index contributed by atoms with van der Waals surface area (Å²) in [6.07, 6.45) is 4.71. The average Bonchev–Trinajstić information content (AvgIpc) is 3.11. The van der Waals surface area contributed by atoms with Crippen molar-refractivity contribution in [3.63, 3.8) is 0 Å². The van der Waals surface area contributed by atoms with Crippen LogP contribution in [0.15, 0.2) is 51.6 Å². The highest BCUT2D eigenvalue weighted by atomic mass is 79.9. The van der Waals surface area contributed by atoms with Gasteiger partial charge in [-0.05, 0) is 49.9 Å². The molecule has 5 nitrogen and oxygen atoms in total. The van der Waals surface area contributed by atoms with Crippen LogP contribution >= 0.6 is 43.6 Å². The second-order valence-electron chi connectivity index (χ2n) is 5.75. The molecule has 1 N–H and O–H groups in total. The number of hydrogen-bond donors (Lipinski definition) is 1. The number of rotatable bonds is 5. The Morgan fingerprint density at radius 1 is 1.35 bits per heavy atom. The number of carbonyl (C=O) groups excluding carboxylic acids is 2. The molecule has 0 aliphatic carbocycles. The zero-order chi connectivity index (χ0) is 18.7. The van der Waals surface area contributed by atoms with Crippen LogP contribution in [-0.4, -0.2) is 32.5 Å². The second-order valence-corrected chi connectivity index (χ2v) is 8.52. The molecule has 2 aromatic rings. The molecule has 0 bridgehead atoms. The quantitative estimate of drug-likeness (QED) is 0.672. The van der Waals surface area contributed by atoms with Gasteiger partial charge in [-0.3, -0.25) is 15.0 Å². The van der Waals surface area contributed by atoms with Crippen LogP contribution in [0.2, 0.25) is 0 Å². The van der Waals surface area contributed by atoms with Crippen molar-refractivity contribution in [2.24, 2.45) is 7.05 Å². The van der Waals surface area contributed by atoms with Crippen molar-refractivity contribution < 1.29 is 9.59 Å². The smallest absolute Gasteiger partial charge is 0.286 e. The lowest BCUT2D eigenvalue weighted by atomic mass is 10.2. The Morgan fingerprint density at radius 3 is 2.73 bits per heavy atom. The first-order valence-corrected chi connectivity index (χ1v) is 10.6. The molecule has 2 heterocycles. The molecule has 1 aliphatic rings. The maximum absolute atomic E-state index is 12.6. The molecule has 8 heteroatoms. The van der Waals surface area contributed by atoms with Gasteiger partial charge in [-0.15, -0.1) is 11.8 Å². The van der Waals surface area contributed by atoms with E-state index >= 15 is 0 Å². The standard InChI is InChI=1S/C18H17Br2N3O2S/c1-22-14(10-13(19)17(22)20)18(25)21-23-15(24)11-26-16(23)9-5-8-12-6-3-2-4-7-12/h2-8,10,16H,9,11H2,1H3,(H,21,25)/b8-5+. The normalized spacial score (nSPS) is 17.3. The Balaban J connectivity index is 1.67. The number of hydrogen-bond acceptors (Lipinski definition) is 3. The van der Waals surface area contributed by atoms with Gasteiger partial charge in [0.25, 0.3) is 11.8 Å². The van der Waals surface area contributed by atoms with Crippen LogP contribution in [0.25, 0.3) is 6.08 Å². The van der Waals surface area contributed by atoms with Crippen molar-refractivity contribution >= 4 is 61.5 Å². The van der Waals surface area contributed by atoms with Gasteiger partial charge >= 0.3 is 0 Å². The molecule has 136 valence electrons. The monoisotopic (exact) mass is 497 g/mol. The van der Waals surface area contributed by atoms with Gasteiger partial charge < -0.3 is 4.57 Å². The minimum absolute atomic E-state index is 0.0891. The molecule has 26 heavy (non-hydrogen) atoms. The summed E-state index contributed by atoms with van der Waals surface area (Å²) in [6, 6.07) is 11.7. The molecule has 3 rings (SSSR count). The number of carbonyl (C=O) groups is 2. The van der Waals surface area contributed by atoms with Crippen LogP contribution in [0, 0.1) is 0 Å². The number of amides is 2. The van der Waals surface area contributed by atoms with E-state index in [0.29, 0.717) is 17.9 Å². The van der Waals surface area contributed by atoms with Crippen molar-refractivity contribution in [1.29, 1.82) is 0 Å². The van der Waals surface area contributed by atoms with Crippen molar-refractivity contribution in [3.05, 3.63) is 62.8 Å². The molecule has 1 aromatic carbocycles. The highest BCUT2D eigenvalue weighted by Crippen LogP contribution is 2.28. The number of hydrazine groups is 1. The summed E-state index contributed by atoms with van der Waals surface area (Å²) in [6.45, 7) is 0. The summed E-state index contributed by atoms with van der Waals surface area (Å²) in [5, 5.41) is 1.33. The fraction of sp³-hybridized carbons (Fsp3) is 0.222. The van der Waals surface area contributed by atoms with E-state index in [4.69, 9.17) is 0 Å². The first kappa shape index (κ1) is 19.3. The molecular weight excluding hydrogens is 482 g/mol. The van der Waals surface area contributed by atoms with Crippen molar-refractivity contribution in [2.75, 3.05) is 5.75 Å². The zero-order valence-corrected chi connectivity index (χ0v) is 18.0. The van der Waals surface area contributed by atoms with E-state index < -0.39 is 0 Å². The minimum atomic E-state index is -0.313. The maximum Gasteiger partial charge on any atom is 0.286 e. The Labute approximate surface area is 173 Å².